The van der Waals surface area contributed by atoms with Crippen LogP contribution in [0, 0.1) is 39.0 Å². The van der Waals surface area contributed by atoms with Gasteiger partial charge in [-0.05, 0) is 120 Å². The highest BCUT2D eigenvalue weighted by Gasteiger charge is 2.25. The van der Waals surface area contributed by atoms with Crippen molar-refractivity contribution >= 4 is 43.6 Å². The van der Waals surface area contributed by atoms with Crippen LogP contribution in [-0.4, -0.2) is 14.1 Å². The molecule has 0 fully saturated rings. The van der Waals surface area contributed by atoms with Crippen molar-refractivity contribution in [3.8, 4) is 84.3 Å². The Bertz CT molecular complexity index is 3920. The lowest BCUT2D eigenvalue weighted by Gasteiger charge is -2.20. The highest BCUT2D eigenvalue weighted by molar-refractivity contribution is 6.13. The second kappa shape index (κ2) is 17.9. The lowest BCUT2D eigenvalue weighted by atomic mass is 9.96. The fraction of sp³-hybridized carbons (Fsp3) is 0.0571. The second-order valence-corrected chi connectivity index (χ2v) is 19.8. The predicted molar refractivity (Wildman–Crippen MR) is 309 cm³/mol. The fourth-order valence-electron chi connectivity index (χ4n) is 11.0. The number of aryl methyl sites for hydroxylation is 4. The summed E-state index contributed by atoms with van der Waals surface area (Å²) in [5, 5.41) is 16.6. The molecular formula is C70H50N4. The van der Waals surface area contributed by atoms with E-state index in [-0.39, 0.29) is 0 Å². The van der Waals surface area contributed by atoms with Crippen molar-refractivity contribution in [2.75, 3.05) is 0 Å². The molecule has 0 radical (unpaired) electrons. The van der Waals surface area contributed by atoms with Crippen LogP contribution in [0.25, 0.3) is 122 Å². The first-order valence-electron chi connectivity index (χ1n) is 25.3. The molecule has 0 bridgehead atoms. The molecule has 74 heavy (non-hydrogen) atoms. The molecule has 0 saturated carbocycles. The van der Waals surface area contributed by atoms with Crippen LogP contribution < -0.4 is 0 Å². The summed E-state index contributed by atoms with van der Waals surface area (Å²) >= 11 is 0. The minimum Gasteiger partial charge on any atom is -0.308 e. The minimum atomic E-state index is 0.555. The maximum absolute atomic E-state index is 12.1. The van der Waals surface area contributed by atoms with Crippen LogP contribution in [-0.2, 0) is 0 Å². The van der Waals surface area contributed by atoms with Gasteiger partial charge in [-0.2, -0.15) is 5.26 Å². The summed E-state index contributed by atoms with van der Waals surface area (Å²) in [6.07, 6.45) is 1.87. The molecular weight excluding hydrogens is 897 g/mol. The highest BCUT2D eigenvalue weighted by atomic mass is 15.0. The van der Waals surface area contributed by atoms with Crippen LogP contribution >= 0.6 is 0 Å². The van der Waals surface area contributed by atoms with Crippen LogP contribution in [0.4, 0.5) is 0 Å². The Kier molecular flexibility index (Phi) is 10.8. The molecule has 3 aromatic heterocycles. The number of aromatic nitrogens is 3. The third-order valence-electron chi connectivity index (χ3n) is 14.9. The molecule has 0 unspecified atom stereocenters. The van der Waals surface area contributed by atoms with E-state index in [1.165, 1.54) is 22.3 Å². The molecule has 0 saturated heterocycles. The Hall–Kier alpha value is -9.56. The van der Waals surface area contributed by atoms with E-state index in [4.69, 9.17) is 4.98 Å². The number of rotatable bonds is 8. The van der Waals surface area contributed by atoms with Crippen LogP contribution in [0.15, 0.2) is 231 Å². The van der Waals surface area contributed by atoms with Crippen LogP contribution in [0.2, 0.25) is 0 Å². The van der Waals surface area contributed by atoms with E-state index in [1.54, 1.807) is 0 Å². The average Bonchev–Trinajstić information content (AvgIpc) is 3.96. The summed E-state index contributed by atoms with van der Waals surface area (Å²) < 4.78 is 4.71. The van der Waals surface area contributed by atoms with Gasteiger partial charge in [-0.3, -0.25) is 4.98 Å². The summed E-state index contributed by atoms with van der Waals surface area (Å²) in [5.74, 6) is 0. The SMILES string of the molecule is Cc1ccc(-c2ccc3c4ccc(-c5ccc(C)cc5)cc4n(-c4cc(-c5cccnc5-c5ccccc5)cc(-n5c6cc(-c7ccc(C)cc7)ccc6c6ccc(-c7ccc(C)cc7)cc65)c4C#N)c3c2)cc1. The van der Waals surface area contributed by atoms with Gasteiger partial charge in [-0.1, -0.05) is 204 Å². The fourth-order valence-corrected chi connectivity index (χ4v) is 11.0. The number of hydrogen-bond donors (Lipinski definition) is 0. The molecule has 0 aliphatic heterocycles. The van der Waals surface area contributed by atoms with Gasteiger partial charge in [-0.25, -0.2) is 0 Å². The molecule has 0 N–H and O–H groups in total. The molecule has 0 amide bonds. The standard InChI is InChI=1S/C70H50N4/c1-44-12-20-48(21-13-44)53-28-32-59-60-33-29-54(49-22-14-45(2)15-23-49)38-65(60)73(64(59)37-53)68-41-57(58-11-8-36-72-70(58)52-9-6-5-7-10-52)42-69(63(68)43-71)74-66-39-55(50-24-16-46(3)17-25-50)30-34-61(66)62-35-31-56(40-67(62)74)51-26-18-47(4)19-27-51/h5-42H,1-4H3. The first kappa shape index (κ1) is 44.4. The lowest BCUT2D eigenvalue weighted by Crippen LogP contribution is -2.06. The van der Waals surface area contributed by atoms with Crippen molar-refractivity contribution in [2.45, 2.75) is 27.7 Å². The van der Waals surface area contributed by atoms with Crippen molar-refractivity contribution in [1.82, 2.24) is 14.1 Å². The summed E-state index contributed by atoms with van der Waals surface area (Å²) in [4.78, 5) is 5.08. The number of pyridine rings is 1. The summed E-state index contributed by atoms with van der Waals surface area (Å²) in [5.41, 5.74) is 23.7. The normalized spacial score (nSPS) is 11.5. The van der Waals surface area contributed by atoms with Crippen molar-refractivity contribution in [3.63, 3.8) is 0 Å². The van der Waals surface area contributed by atoms with E-state index < -0.39 is 0 Å². The largest absolute Gasteiger partial charge is 0.308 e. The van der Waals surface area contributed by atoms with Gasteiger partial charge in [0.05, 0.1) is 39.1 Å². The van der Waals surface area contributed by atoms with Gasteiger partial charge in [0.25, 0.3) is 0 Å². The van der Waals surface area contributed by atoms with E-state index in [0.717, 1.165) is 122 Å². The van der Waals surface area contributed by atoms with E-state index >= 15 is 0 Å². The topological polar surface area (TPSA) is 46.5 Å². The zero-order chi connectivity index (χ0) is 50.0. The third-order valence-corrected chi connectivity index (χ3v) is 14.9. The predicted octanol–water partition coefficient (Wildman–Crippen LogP) is 18.4. The summed E-state index contributed by atoms with van der Waals surface area (Å²) in [6.45, 7) is 8.50. The maximum Gasteiger partial charge on any atom is 0.104 e. The van der Waals surface area contributed by atoms with Crippen molar-refractivity contribution in [1.29, 1.82) is 5.26 Å². The highest BCUT2D eigenvalue weighted by Crippen LogP contribution is 2.44. The van der Waals surface area contributed by atoms with E-state index in [9.17, 15) is 5.26 Å². The molecule has 13 aromatic rings. The Balaban J connectivity index is 1.18. The van der Waals surface area contributed by atoms with Gasteiger partial charge in [0.15, 0.2) is 0 Å². The maximum atomic E-state index is 12.1. The van der Waals surface area contributed by atoms with E-state index in [2.05, 4.69) is 255 Å². The number of nitriles is 1. The number of fused-ring (bicyclic) bond motifs is 6. The molecule has 0 aliphatic rings. The number of benzene rings is 10. The van der Waals surface area contributed by atoms with Gasteiger partial charge in [0.1, 0.15) is 11.6 Å². The van der Waals surface area contributed by atoms with Gasteiger partial charge < -0.3 is 9.13 Å². The molecule has 4 nitrogen and oxygen atoms in total. The van der Waals surface area contributed by atoms with Gasteiger partial charge in [0.2, 0.25) is 0 Å². The molecule has 3 heterocycles. The Morgan fingerprint density at radius 2 is 0.662 bits per heavy atom. The number of nitrogens with zero attached hydrogens (tertiary/aromatic N) is 4. The molecule has 0 aliphatic carbocycles. The molecule has 10 aromatic carbocycles. The van der Waals surface area contributed by atoms with Crippen molar-refractivity contribution in [3.05, 3.63) is 258 Å². The first-order valence-corrected chi connectivity index (χ1v) is 25.3. The van der Waals surface area contributed by atoms with Crippen LogP contribution in [0.3, 0.4) is 0 Å². The molecule has 0 spiro atoms. The summed E-state index contributed by atoms with van der Waals surface area (Å²) in [6, 6.07) is 84.1. The molecule has 0 atom stereocenters. The Labute approximate surface area is 431 Å². The van der Waals surface area contributed by atoms with Crippen LogP contribution in [0.1, 0.15) is 27.8 Å². The smallest absolute Gasteiger partial charge is 0.104 e. The minimum absolute atomic E-state index is 0.555. The molecule has 4 heteroatoms. The zero-order valence-corrected chi connectivity index (χ0v) is 41.7. The summed E-state index contributed by atoms with van der Waals surface area (Å²) in [7, 11) is 0. The van der Waals surface area contributed by atoms with Crippen LogP contribution in [0.5, 0.6) is 0 Å². The lowest BCUT2D eigenvalue weighted by molar-refractivity contribution is 1.12. The van der Waals surface area contributed by atoms with E-state index in [1.807, 2.05) is 18.3 Å². The van der Waals surface area contributed by atoms with E-state index in [0.29, 0.717) is 5.56 Å². The first-order chi connectivity index (χ1) is 36.3. The zero-order valence-electron chi connectivity index (χ0n) is 41.7. The van der Waals surface area contributed by atoms with Gasteiger partial charge >= 0.3 is 0 Å². The second-order valence-electron chi connectivity index (χ2n) is 19.8. The quantitative estimate of drug-likeness (QED) is 0.152. The molecule has 13 rings (SSSR count). The monoisotopic (exact) mass is 946 g/mol. The van der Waals surface area contributed by atoms with Gasteiger partial charge in [-0.15, -0.1) is 0 Å². The Morgan fingerprint density at radius 1 is 0.324 bits per heavy atom. The molecule has 350 valence electrons. The van der Waals surface area contributed by atoms with Crippen molar-refractivity contribution < 1.29 is 0 Å². The Morgan fingerprint density at radius 3 is 1.00 bits per heavy atom. The third kappa shape index (κ3) is 7.66. The number of hydrogen-bond acceptors (Lipinski definition) is 2. The average molecular weight is 947 g/mol. The van der Waals surface area contributed by atoms with Crippen molar-refractivity contribution in [2.24, 2.45) is 0 Å². The van der Waals surface area contributed by atoms with Gasteiger partial charge in [0, 0.05) is 38.9 Å².